The summed E-state index contributed by atoms with van der Waals surface area (Å²) < 4.78 is 13.0. The smallest absolute Gasteiger partial charge is 0.239 e. The molecule has 0 aromatic heterocycles. The van der Waals surface area contributed by atoms with Gasteiger partial charge in [0.05, 0.1) is 18.5 Å². The largest absolute Gasteiger partial charge is 0.285 e. The Labute approximate surface area is 137 Å². The first-order chi connectivity index (χ1) is 11.2. The lowest BCUT2D eigenvalue weighted by molar-refractivity contribution is -0.124. The van der Waals surface area contributed by atoms with Crippen molar-refractivity contribution in [2.24, 2.45) is 10.2 Å². The van der Waals surface area contributed by atoms with Gasteiger partial charge in [0, 0.05) is 0 Å². The van der Waals surface area contributed by atoms with Crippen molar-refractivity contribution < 1.29 is 9.18 Å². The van der Waals surface area contributed by atoms with Crippen LogP contribution in [-0.4, -0.2) is 27.9 Å². The summed E-state index contributed by atoms with van der Waals surface area (Å²) in [5, 5.41) is 8.76. The van der Waals surface area contributed by atoms with Gasteiger partial charge in [-0.15, -0.1) is 5.10 Å². The van der Waals surface area contributed by atoms with Crippen LogP contribution in [-0.2, 0) is 11.3 Å². The molecule has 0 saturated carbocycles. The van der Waals surface area contributed by atoms with Gasteiger partial charge in [-0.2, -0.15) is 5.10 Å². The highest BCUT2D eigenvalue weighted by molar-refractivity contribution is 8.15. The molecule has 116 valence electrons. The number of hydrogen-bond donors (Lipinski definition) is 0. The second-order valence-corrected chi connectivity index (χ2v) is 5.88. The van der Waals surface area contributed by atoms with Gasteiger partial charge in [-0.05, 0) is 23.3 Å². The summed E-state index contributed by atoms with van der Waals surface area (Å²) in [7, 11) is 0. The average Bonchev–Trinajstić information content (AvgIpc) is 2.91. The van der Waals surface area contributed by atoms with Crippen molar-refractivity contribution in [3.8, 4) is 0 Å². The zero-order valence-corrected chi connectivity index (χ0v) is 13.0. The van der Waals surface area contributed by atoms with Crippen LogP contribution >= 0.6 is 11.8 Å². The van der Waals surface area contributed by atoms with Crippen LogP contribution in [0.3, 0.4) is 0 Å². The highest BCUT2D eigenvalue weighted by Gasteiger charge is 2.28. The molecular weight excluding hydrogens is 313 g/mol. The van der Waals surface area contributed by atoms with Gasteiger partial charge in [0.15, 0.2) is 5.17 Å². The molecule has 0 N–H and O–H groups in total. The SMILES string of the molecule is O=C1CSC(=NN=Cc2ccccc2)N1Cc1ccc(F)cc1. The predicted molar refractivity (Wildman–Crippen MR) is 90.9 cm³/mol. The Morgan fingerprint density at radius 3 is 2.61 bits per heavy atom. The van der Waals surface area contributed by atoms with Gasteiger partial charge in [0.1, 0.15) is 5.82 Å². The molecule has 6 heteroatoms. The zero-order chi connectivity index (χ0) is 16.1. The van der Waals surface area contributed by atoms with E-state index in [1.54, 1.807) is 23.2 Å². The minimum absolute atomic E-state index is 0.0204. The summed E-state index contributed by atoms with van der Waals surface area (Å²) in [6.07, 6.45) is 1.65. The van der Waals surface area contributed by atoms with Crippen molar-refractivity contribution in [3.63, 3.8) is 0 Å². The molecule has 1 aliphatic rings. The minimum atomic E-state index is -0.294. The molecular formula is C17H14FN3OS. The number of hydrogen-bond acceptors (Lipinski definition) is 4. The highest BCUT2D eigenvalue weighted by atomic mass is 32.2. The Morgan fingerprint density at radius 2 is 1.87 bits per heavy atom. The fourth-order valence-electron chi connectivity index (χ4n) is 2.08. The maximum absolute atomic E-state index is 13.0. The summed E-state index contributed by atoms with van der Waals surface area (Å²) in [6.45, 7) is 0.367. The molecule has 0 aliphatic carbocycles. The minimum Gasteiger partial charge on any atom is -0.285 e. The lowest BCUT2D eigenvalue weighted by Gasteiger charge is -2.15. The molecule has 23 heavy (non-hydrogen) atoms. The van der Waals surface area contributed by atoms with Crippen LogP contribution in [0.15, 0.2) is 64.8 Å². The maximum Gasteiger partial charge on any atom is 0.239 e. The van der Waals surface area contributed by atoms with E-state index in [-0.39, 0.29) is 11.7 Å². The van der Waals surface area contributed by atoms with Crippen molar-refractivity contribution in [3.05, 3.63) is 71.5 Å². The number of nitrogens with zero attached hydrogens (tertiary/aromatic N) is 3. The van der Waals surface area contributed by atoms with E-state index in [2.05, 4.69) is 10.2 Å². The molecule has 0 radical (unpaired) electrons. The Balaban J connectivity index is 1.73. The number of rotatable bonds is 4. The quantitative estimate of drug-likeness (QED) is 0.639. The van der Waals surface area contributed by atoms with Gasteiger partial charge in [-0.25, -0.2) is 4.39 Å². The molecule has 0 spiro atoms. The fourth-order valence-corrected chi connectivity index (χ4v) is 2.92. The van der Waals surface area contributed by atoms with E-state index in [0.29, 0.717) is 17.5 Å². The Hall–Kier alpha value is -2.47. The lowest BCUT2D eigenvalue weighted by atomic mass is 10.2. The number of thioether (sulfide) groups is 1. The van der Waals surface area contributed by atoms with Gasteiger partial charge in [0.2, 0.25) is 5.91 Å². The molecule has 4 nitrogen and oxygen atoms in total. The molecule has 1 heterocycles. The number of benzene rings is 2. The fraction of sp³-hybridized carbons (Fsp3) is 0.118. The number of halogens is 1. The zero-order valence-electron chi connectivity index (χ0n) is 12.2. The van der Waals surface area contributed by atoms with Crippen LogP contribution in [0.2, 0.25) is 0 Å². The van der Waals surface area contributed by atoms with Crippen LogP contribution in [0.4, 0.5) is 4.39 Å². The first-order valence-corrected chi connectivity index (χ1v) is 8.04. The third-order valence-corrected chi connectivity index (χ3v) is 4.21. The normalized spacial score (nSPS) is 16.7. The highest BCUT2D eigenvalue weighted by Crippen LogP contribution is 2.22. The van der Waals surface area contributed by atoms with Gasteiger partial charge < -0.3 is 0 Å². The number of carbonyl (C=O) groups excluding carboxylic acids is 1. The molecule has 1 fully saturated rings. The van der Waals surface area contributed by atoms with Gasteiger partial charge in [-0.3, -0.25) is 9.69 Å². The van der Waals surface area contributed by atoms with Crippen LogP contribution in [0.1, 0.15) is 11.1 Å². The summed E-state index contributed by atoms with van der Waals surface area (Å²) in [4.78, 5) is 13.6. The topological polar surface area (TPSA) is 45.0 Å². The molecule has 2 aromatic carbocycles. The van der Waals surface area contributed by atoms with Crippen molar-refractivity contribution in [1.82, 2.24) is 4.90 Å². The van der Waals surface area contributed by atoms with E-state index < -0.39 is 0 Å². The Bertz CT molecular complexity index is 744. The van der Waals surface area contributed by atoms with E-state index in [0.717, 1.165) is 11.1 Å². The van der Waals surface area contributed by atoms with E-state index in [1.165, 1.54) is 23.9 Å². The molecule has 0 unspecified atom stereocenters. The van der Waals surface area contributed by atoms with Gasteiger partial charge in [0.25, 0.3) is 0 Å². The molecule has 3 rings (SSSR count). The van der Waals surface area contributed by atoms with E-state index in [4.69, 9.17) is 0 Å². The van der Waals surface area contributed by atoms with E-state index in [1.807, 2.05) is 30.3 Å². The van der Waals surface area contributed by atoms with Crippen LogP contribution < -0.4 is 0 Å². The van der Waals surface area contributed by atoms with Crippen molar-refractivity contribution in [2.45, 2.75) is 6.54 Å². The third kappa shape index (κ3) is 4.04. The Morgan fingerprint density at radius 1 is 1.13 bits per heavy atom. The molecule has 1 amide bonds. The summed E-state index contributed by atoms with van der Waals surface area (Å²) in [5.74, 6) is 0.0335. The lowest BCUT2D eigenvalue weighted by Crippen LogP contribution is -2.28. The summed E-state index contributed by atoms with van der Waals surface area (Å²) in [5.41, 5.74) is 1.79. The van der Waals surface area contributed by atoms with E-state index in [9.17, 15) is 9.18 Å². The molecule has 2 aromatic rings. The standard InChI is InChI=1S/C17H14FN3OS/c18-15-8-6-14(7-9-15)11-21-16(22)12-23-17(21)20-19-10-13-4-2-1-3-5-13/h1-10H,11-12H2. The predicted octanol–water partition coefficient (Wildman–Crippen LogP) is 3.29. The maximum atomic E-state index is 13.0. The van der Waals surface area contributed by atoms with Gasteiger partial charge in [-0.1, -0.05) is 54.2 Å². The van der Waals surface area contributed by atoms with Gasteiger partial charge >= 0.3 is 0 Å². The monoisotopic (exact) mass is 327 g/mol. The molecule has 0 bridgehead atoms. The van der Waals surface area contributed by atoms with Crippen molar-refractivity contribution >= 4 is 29.1 Å². The second-order valence-electron chi connectivity index (χ2n) is 4.93. The van der Waals surface area contributed by atoms with Crippen LogP contribution in [0.5, 0.6) is 0 Å². The number of amides is 1. The third-order valence-electron chi connectivity index (χ3n) is 3.26. The first-order valence-electron chi connectivity index (χ1n) is 7.06. The average molecular weight is 327 g/mol. The second kappa shape index (κ2) is 7.19. The molecule has 1 saturated heterocycles. The van der Waals surface area contributed by atoms with E-state index >= 15 is 0 Å². The molecule has 1 aliphatic heterocycles. The van der Waals surface area contributed by atoms with Crippen LogP contribution in [0.25, 0.3) is 0 Å². The van der Waals surface area contributed by atoms with Crippen molar-refractivity contribution in [2.75, 3.05) is 5.75 Å². The summed E-state index contributed by atoms with van der Waals surface area (Å²) >= 11 is 1.35. The Kier molecular flexibility index (Phi) is 4.83. The first kappa shape index (κ1) is 15.4. The number of amidine groups is 1. The van der Waals surface area contributed by atoms with Crippen molar-refractivity contribution in [1.29, 1.82) is 0 Å². The summed E-state index contributed by atoms with van der Waals surface area (Å²) in [6, 6.07) is 15.7. The number of carbonyl (C=O) groups is 1. The van der Waals surface area contributed by atoms with Crippen LogP contribution in [0, 0.1) is 5.82 Å². The molecule has 0 atom stereocenters.